The second kappa shape index (κ2) is 8.89. The molecule has 1 aliphatic rings. The Balaban J connectivity index is 1.80. The fourth-order valence-corrected chi connectivity index (χ4v) is 3.90. The number of aryl methyl sites for hydroxylation is 1. The predicted octanol–water partition coefficient (Wildman–Crippen LogP) is 3.56. The number of thiophene rings is 1. The van der Waals surface area contributed by atoms with Crippen LogP contribution < -0.4 is 5.32 Å². The Kier molecular flexibility index (Phi) is 7.17. The van der Waals surface area contributed by atoms with Gasteiger partial charge in [-0.25, -0.2) is 0 Å². The maximum atomic E-state index is 5.84. The molecule has 1 aliphatic heterocycles. The van der Waals surface area contributed by atoms with Crippen molar-refractivity contribution in [3.05, 3.63) is 21.4 Å². The van der Waals surface area contributed by atoms with Crippen molar-refractivity contribution in [3.63, 3.8) is 0 Å². The molecule has 1 aromatic heterocycles. The maximum Gasteiger partial charge on any atom is 0.0702 e. The van der Waals surface area contributed by atoms with Gasteiger partial charge in [0.05, 0.1) is 6.10 Å². The van der Waals surface area contributed by atoms with E-state index in [-0.39, 0.29) is 0 Å². The van der Waals surface area contributed by atoms with E-state index in [9.17, 15) is 0 Å². The molecule has 4 heteroatoms. The van der Waals surface area contributed by atoms with Crippen LogP contribution in [0.4, 0.5) is 0 Å². The number of likely N-dealkylation sites (N-methyl/N-ethyl adjacent to an activating group) is 1. The molecule has 1 fully saturated rings. The van der Waals surface area contributed by atoms with Crippen molar-refractivity contribution in [1.29, 1.82) is 0 Å². The van der Waals surface area contributed by atoms with Gasteiger partial charge in [0.2, 0.25) is 0 Å². The number of ether oxygens (including phenoxy) is 1. The normalized spacial score (nSPS) is 19.3. The third-order valence-electron chi connectivity index (χ3n) is 4.03. The lowest BCUT2D eigenvalue weighted by molar-refractivity contribution is -0.00259. The number of hydrogen-bond acceptors (Lipinski definition) is 4. The van der Waals surface area contributed by atoms with E-state index in [4.69, 9.17) is 4.74 Å². The van der Waals surface area contributed by atoms with Gasteiger partial charge in [-0.3, -0.25) is 4.90 Å². The lowest BCUT2D eigenvalue weighted by Gasteiger charge is -2.27. The molecule has 0 spiro atoms. The fourth-order valence-electron chi connectivity index (χ4n) is 2.87. The van der Waals surface area contributed by atoms with Gasteiger partial charge in [0.1, 0.15) is 0 Å². The van der Waals surface area contributed by atoms with Gasteiger partial charge in [0.15, 0.2) is 0 Å². The number of nitrogens with zero attached hydrogens (tertiary/aromatic N) is 1. The Hall–Kier alpha value is -0.420. The summed E-state index contributed by atoms with van der Waals surface area (Å²) in [4.78, 5) is 5.33. The molecule has 3 nitrogen and oxygen atoms in total. The highest BCUT2D eigenvalue weighted by atomic mass is 32.1. The van der Waals surface area contributed by atoms with Crippen molar-refractivity contribution >= 4 is 11.3 Å². The largest absolute Gasteiger partial charge is 0.377 e. The monoisotopic (exact) mass is 310 g/mol. The first-order valence-corrected chi connectivity index (χ1v) is 9.09. The zero-order valence-corrected chi connectivity index (χ0v) is 14.6. The van der Waals surface area contributed by atoms with Crippen molar-refractivity contribution in [2.45, 2.75) is 58.7 Å². The van der Waals surface area contributed by atoms with Crippen LogP contribution in [-0.4, -0.2) is 37.7 Å². The number of nitrogens with one attached hydrogen (secondary N) is 1. The van der Waals surface area contributed by atoms with Gasteiger partial charge in [0, 0.05) is 36.0 Å². The van der Waals surface area contributed by atoms with Crippen LogP contribution in [0.2, 0.25) is 0 Å². The first-order valence-electron chi connectivity index (χ1n) is 8.28. The predicted molar refractivity (Wildman–Crippen MR) is 91.0 cm³/mol. The molecule has 0 saturated carbocycles. The summed E-state index contributed by atoms with van der Waals surface area (Å²) >= 11 is 1.93. The minimum absolute atomic E-state index is 0.438. The summed E-state index contributed by atoms with van der Waals surface area (Å²) < 4.78 is 5.84. The van der Waals surface area contributed by atoms with E-state index in [1.54, 1.807) is 0 Å². The van der Waals surface area contributed by atoms with Crippen molar-refractivity contribution in [2.24, 2.45) is 0 Å². The van der Waals surface area contributed by atoms with Gasteiger partial charge in [-0.1, -0.05) is 6.92 Å². The molecule has 0 aliphatic carbocycles. The first kappa shape index (κ1) is 16.9. The van der Waals surface area contributed by atoms with Gasteiger partial charge in [-0.15, -0.1) is 11.3 Å². The minimum atomic E-state index is 0.438. The molecule has 0 aromatic carbocycles. The molecule has 2 rings (SSSR count). The Morgan fingerprint density at radius 2 is 2.29 bits per heavy atom. The molecule has 1 saturated heterocycles. The van der Waals surface area contributed by atoms with Gasteiger partial charge in [-0.05, 0) is 57.8 Å². The maximum absolute atomic E-state index is 5.84. The number of hydrogen-bond donors (Lipinski definition) is 1. The highest BCUT2D eigenvalue weighted by molar-refractivity contribution is 7.12. The van der Waals surface area contributed by atoms with Crippen LogP contribution >= 0.6 is 11.3 Å². The van der Waals surface area contributed by atoms with E-state index < -0.39 is 0 Å². The summed E-state index contributed by atoms with van der Waals surface area (Å²) in [5.41, 5.74) is 1.48. The second-order valence-corrected chi connectivity index (χ2v) is 7.50. The van der Waals surface area contributed by atoms with Gasteiger partial charge in [-0.2, -0.15) is 0 Å². The Morgan fingerprint density at radius 3 is 3.00 bits per heavy atom. The van der Waals surface area contributed by atoms with Crippen molar-refractivity contribution in [1.82, 2.24) is 10.2 Å². The SMILES string of the molecule is CCCNCc1cc(CN(C)CC2CCCCO2)c(C)s1. The summed E-state index contributed by atoms with van der Waals surface area (Å²) in [7, 11) is 2.21. The molecular formula is C17H30N2OS. The molecule has 0 radical (unpaired) electrons. The van der Waals surface area contributed by atoms with Crippen LogP contribution in [-0.2, 0) is 17.8 Å². The van der Waals surface area contributed by atoms with Crippen molar-refractivity contribution in [3.8, 4) is 0 Å². The Labute approximate surface area is 133 Å². The smallest absolute Gasteiger partial charge is 0.0702 e. The Bertz CT molecular complexity index is 413. The average Bonchev–Trinajstić information content (AvgIpc) is 2.80. The lowest BCUT2D eigenvalue weighted by Crippen LogP contribution is -2.33. The van der Waals surface area contributed by atoms with E-state index >= 15 is 0 Å². The van der Waals surface area contributed by atoms with Crippen LogP contribution in [0.3, 0.4) is 0 Å². The summed E-state index contributed by atoms with van der Waals surface area (Å²) in [5, 5.41) is 3.49. The number of rotatable bonds is 8. The van der Waals surface area contributed by atoms with Crippen LogP contribution in [0, 0.1) is 6.92 Å². The minimum Gasteiger partial charge on any atom is -0.377 e. The van der Waals surface area contributed by atoms with Crippen LogP contribution in [0.15, 0.2) is 6.07 Å². The van der Waals surface area contributed by atoms with E-state index in [0.29, 0.717) is 6.10 Å². The van der Waals surface area contributed by atoms with Crippen LogP contribution in [0.1, 0.15) is 47.9 Å². The molecule has 2 heterocycles. The molecule has 1 N–H and O–H groups in total. The van der Waals surface area contributed by atoms with E-state index in [0.717, 1.165) is 32.8 Å². The topological polar surface area (TPSA) is 24.5 Å². The summed E-state index contributed by atoms with van der Waals surface area (Å²) in [6.07, 6.45) is 5.41. The highest BCUT2D eigenvalue weighted by Gasteiger charge is 2.16. The van der Waals surface area contributed by atoms with Crippen molar-refractivity contribution < 1.29 is 4.74 Å². The fraction of sp³-hybridized carbons (Fsp3) is 0.765. The van der Waals surface area contributed by atoms with Gasteiger partial charge in [0.25, 0.3) is 0 Å². The molecule has 0 amide bonds. The summed E-state index contributed by atoms with van der Waals surface area (Å²) in [6, 6.07) is 2.38. The summed E-state index contributed by atoms with van der Waals surface area (Å²) in [6.45, 7) is 9.60. The molecule has 120 valence electrons. The van der Waals surface area contributed by atoms with Gasteiger partial charge >= 0.3 is 0 Å². The molecule has 21 heavy (non-hydrogen) atoms. The third-order valence-corrected chi connectivity index (χ3v) is 5.12. The molecule has 1 atom stereocenters. The highest BCUT2D eigenvalue weighted by Crippen LogP contribution is 2.23. The lowest BCUT2D eigenvalue weighted by atomic mass is 10.1. The Morgan fingerprint density at radius 1 is 1.43 bits per heavy atom. The van der Waals surface area contributed by atoms with E-state index in [1.807, 2.05) is 11.3 Å². The van der Waals surface area contributed by atoms with Crippen LogP contribution in [0.25, 0.3) is 0 Å². The average molecular weight is 311 g/mol. The zero-order valence-electron chi connectivity index (χ0n) is 13.8. The zero-order chi connectivity index (χ0) is 15.1. The molecular weight excluding hydrogens is 280 g/mol. The van der Waals surface area contributed by atoms with Gasteiger partial charge < -0.3 is 10.1 Å². The van der Waals surface area contributed by atoms with Crippen molar-refractivity contribution in [2.75, 3.05) is 26.7 Å². The second-order valence-electron chi connectivity index (χ2n) is 6.16. The third kappa shape index (κ3) is 5.70. The van der Waals surface area contributed by atoms with E-state index in [2.05, 4.69) is 37.2 Å². The quantitative estimate of drug-likeness (QED) is 0.743. The molecule has 0 bridgehead atoms. The molecule has 1 aromatic rings. The summed E-state index contributed by atoms with van der Waals surface area (Å²) in [5.74, 6) is 0. The molecule has 1 unspecified atom stereocenters. The van der Waals surface area contributed by atoms with E-state index in [1.165, 1.54) is 41.0 Å². The standard InChI is InChI=1S/C17H30N2OS/c1-4-8-18-11-17-10-15(14(2)21-17)12-19(3)13-16-7-5-6-9-20-16/h10,16,18H,4-9,11-13H2,1-3H3. The van der Waals surface area contributed by atoms with Crippen LogP contribution in [0.5, 0.6) is 0 Å². The first-order chi connectivity index (χ1) is 10.2.